The number of likely N-dealkylation sites (N-methyl/N-ethyl adjacent to an activating group) is 1. The van der Waals surface area contributed by atoms with Gasteiger partial charge in [0.2, 0.25) is 5.95 Å². The van der Waals surface area contributed by atoms with Crippen molar-refractivity contribution in [2.45, 2.75) is 0 Å². The highest BCUT2D eigenvalue weighted by Gasteiger charge is 2.11. The molecule has 0 unspecified atom stereocenters. The van der Waals surface area contributed by atoms with Crippen LogP contribution in [0.1, 0.15) is 0 Å². The van der Waals surface area contributed by atoms with Crippen molar-refractivity contribution in [3.8, 4) is 0 Å². The second kappa shape index (κ2) is 4.09. The van der Waals surface area contributed by atoms with Gasteiger partial charge in [-0.1, -0.05) is 0 Å². The fourth-order valence-corrected chi connectivity index (χ4v) is 1.80. The van der Waals surface area contributed by atoms with Crippen LogP contribution in [0.2, 0.25) is 0 Å². The third-order valence-electron chi connectivity index (χ3n) is 2.63. The number of hydrogen-bond acceptors (Lipinski definition) is 3. The lowest BCUT2D eigenvalue weighted by atomic mass is 10.3. The summed E-state index contributed by atoms with van der Waals surface area (Å²) < 4.78 is 15.0. The Morgan fingerprint density at radius 1 is 1.50 bits per heavy atom. The number of nitrogens with two attached hydrogens (primary N) is 1. The number of hydrogen-bond donors (Lipinski definition) is 1. The van der Waals surface area contributed by atoms with Gasteiger partial charge in [0.25, 0.3) is 0 Å². The number of anilines is 1. The quantitative estimate of drug-likeness (QED) is 0.846. The predicted octanol–water partition coefficient (Wildman–Crippen LogP) is 1.11. The normalized spacial score (nSPS) is 11.0. The number of aryl methyl sites for hydroxylation is 1. The van der Waals surface area contributed by atoms with E-state index >= 15 is 0 Å². The molecule has 0 aliphatic rings. The van der Waals surface area contributed by atoms with Crippen LogP contribution in [0.5, 0.6) is 0 Å². The number of fused-ring (bicyclic) bond motifs is 1. The summed E-state index contributed by atoms with van der Waals surface area (Å²) in [6, 6.07) is 4.61. The van der Waals surface area contributed by atoms with E-state index in [9.17, 15) is 4.39 Å². The third-order valence-corrected chi connectivity index (χ3v) is 2.63. The Morgan fingerprint density at radius 3 is 2.94 bits per heavy atom. The fourth-order valence-electron chi connectivity index (χ4n) is 1.80. The zero-order chi connectivity index (χ0) is 11.7. The van der Waals surface area contributed by atoms with Crippen molar-refractivity contribution in [2.24, 2.45) is 12.8 Å². The van der Waals surface area contributed by atoms with Crippen molar-refractivity contribution in [1.29, 1.82) is 0 Å². The maximum Gasteiger partial charge on any atom is 0.206 e. The molecule has 1 aromatic carbocycles. The highest BCUT2D eigenvalue weighted by Crippen LogP contribution is 2.20. The standard InChI is InChI=1S/C11H15FN4/c1-15(6-5-13)11-14-9-7-8(12)3-4-10(9)16(11)2/h3-4,7H,5-6,13H2,1-2H3. The molecule has 0 fully saturated rings. The van der Waals surface area contributed by atoms with Crippen molar-refractivity contribution in [2.75, 3.05) is 25.0 Å². The molecule has 0 saturated carbocycles. The van der Waals surface area contributed by atoms with Crippen molar-refractivity contribution in [3.63, 3.8) is 0 Å². The maximum atomic E-state index is 13.0. The molecule has 0 saturated heterocycles. The van der Waals surface area contributed by atoms with Crippen LogP contribution in [0.3, 0.4) is 0 Å². The van der Waals surface area contributed by atoms with Gasteiger partial charge in [0.1, 0.15) is 5.82 Å². The Hall–Kier alpha value is -1.62. The number of halogens is 1. The first-order valence-corrected chi connectivity index (χ1v) is 5.16. The molecular formula is C11H15FN4. The minimum atomic E-state index is -0.265. The molecule has 0 atom stereocenters. The molecule has 0 radical (unpaired) electrons. The molecule has 0 aliphatic carbocycles. The molecule has 0 spiro atoms. The van der Waals surface area contributed by atoms with Crippen molar-refractivity contribution in [3.05, 3.63) is 24.0 Å². The van der Waals surface area contributed by atoms with Gasteiger partial charge >= 0.3 is 0 Å². The van der Waals surface area contributed by atoms with Crippen LogP contribution in [-0.2, 0) is 7.05 Å². The predicted molar refractivity (Wildman–Crippen MR) is 63.0 cm³/mol. The van der Waals surface area contributed by atoms with Crippen LogP contribution in [0.4, 0.5) is 10.3 Å². The van der Waals surface area contributed by atoms with E-state index in [0.717, 1.165) is 18.0 Å². The largest absolute Gasteiger partial charge is 0.344 e. The van der Waals surface area contributed by atoms with Gasteiger partial charge in [-0.2, -0.15) is 0 Å². The lowest BCUT2D eigenvalue weighted by Gasteiger charge is -2.16. The van der Waals surface area contributed by atoms with E-state index in [1.165, 1.54) is 12.1 Å². The lowest BCUT2D eigenvalue weighted by molar-refractivity contribution is 0.629. The van der Waals surface area contributed by atoms with E-state index in [1.807, 2.05) is 23.6 Å². The fraction of sp³-hybridized carbons (Fsp3) is 0.364. The summed E-state index contributed by atoms with van der Waals surface area (Å²) >= 11 is 0. The minimum absolute atomic E-state index is 0.265. The molecule has 1 aromatic heterocycles. The summed E-state index contributed by atoms with van der Waals surface area (Å²) in [4.78, 5) is 6.34. The Labute approximate surface area is 93.5 Å². The average molecular weight is 222 g/mol. The Balaban J connectivity index is 2.51. The molecule has 5 heteroatoms. The van der Waals surface area contributed by atoms with E-state index in [4.69, 9.17) is 5.73 Å². The zero-order valence-corrected chi connectivity index (χ0v) is 9.44. The maximum absolute atomic E-state index is 13.0. The molecule has 4 nitrogen and oxygen atoms in total. The van der Waals surface area contributed by atoms with E-state index in [-0.39, 0.29) is 5.82 Å². The van der Waals surface area contributed by atoms with Crippen molar-refractivity contribution >= 4 is 17.0 Å². The molecule has 0 aliphatic heterocycles. The van der Waals surface area contributed by atoms with Crippen LogP contribution in [0.25, 0.3) is 11.0 Å². The lowest BCUT2D eigenvalue weighted by Crippen LogP contribution is -2.27. The number of benzene rings is 1. The first kappa shape index (κ1) is 10.9. The topological polar surface area (TPSA) is 47.1 Å². The third kappa shape index (κ3) is 1.74. The summed E-state index contributed by atoms with van der Waals surface area (Å²) in [5.41, 5.74) is 7.08. The smallest absolute Gasteiger partial charge is 0.206 e. The summed E-state index contributed by atoms with van der Waals surface area (Å²) in [7, 11) is 3.83. The molecule has 2 rings (SSSR count). The van der Waals surface area contributed by atoms with Gasteiger partial charge in [-0.05, 0) is 12.1 Å². The van der Waals surface area contributed by atoms with E-state index in [2.05, 4.69) is 4.98 Å². The minimum Gasteiger partial charge on any atom is -0.344 e. The Morgan fingerprint density at radius 2 is 2.25 bits per heavy atom. The van der Waals surface area contributed by atoms with Gasteiger partial charge in [0.05, 0.1) is 11.0 Å². The van der Waals surface area contributed by atoms with Crippen LogP contribution in [0.15, 0.2) is 18.2 Å². The molecule has 2 aromatic rings. The second-order valence-corrected chi connectivity index (χ2v) is 3.81. The Bertz CT molecular complexity index is 506. The van der Waals surface area contributed by atoms with E-state index < -0.39 is 0 Å². The van der Waals surface area contributed by atoms with Crippen LogP contribution >= 0.6 is 0 Å². The molecular weight excluding hydrogens is 207 g/mol. The highest BCUT2D eigenvalue weighted by atomic mass is 19.1. The van der Waals surface area contributed by atoms with Crippen molar-refractivity contribution < 1.29 is 4.39 Å². The van der Waals surface area contributed by atoms with Crippen LogP contribution < -0.4 is 10.6 Å². The van der Waals surface area contributed by atoms with Gasteiger partial charge in [0, 0.05) is 33.3 Å². The monoisotopic (exact) mass is 222 g/mol. The number of imidazole rings is 1. The van der Waals surface area contributed by atoms with Crippen molar-refractivity contribution in [1.82, 2.24) is 9.55 Å². The summed E-state index contributed by atoms with van der Waals surface area (Å²) in [6.07, 6.45) is 0. The summed E-state index contributed by atoms with van der Waals surface area (Å²) in [5, 5.41) is 0. The number of nitrogens with zero attached hydrogens (tertiary/aromatic N) is 3. The average Bonchev–Trinajstić information content (AvgIpc) is 2.56. The molecule has 0 amide bonds. The van der Waals surface area contributed by atoms with Gasteiger partial charge in [-0.25, -0.2) is 9.37 Å². The zero-order valence-electron chi connectivity index (χ0n) is 9.44. The first-order valence-electron chi connectivity index (χ1n) is 5.16. The van der Waals surface area contributed by atoms with Gasteiger partial charge in [-0.15, -0.1) is 0 Å². The van der Waals surface area contributed by atoms with E-state index in [0.29, 0.717) is 12.1 Å². The number of rotatable bonds is 3. The SMILES string of the molecule is CN(CCN)c1nc2cc(F)ccc2n1C. The summed E-state index contributed by atoms with van der Waals surface area (Å²) in [6.45, 7) is 1.29. The van der Waals surface area contributed by atoms with E-state index in [1.54, 1.807) is 6.07 Å². The van der Waals surface area contributed by atoms with Gasteiger partial charge in [-0.3, -0.25) is 0 Å². The second-order valence-electron chi connectivity index (χ2n) is 3.81. The number of aromatic nitrogens is 2. The van der Waals surface area contributed by atoms with Crippen LogP contribution in [0, 0.1) is 5.82 Å². The summed E-state index contributed by atoms with van der Waals surface area (Å²) in [5.74, 6) is 0.532. The molecule has 2 N–H and O–H groups in total. The molecule has 1 heterocycles. The highest BCUT2D eigenvalue weighted by molar-refractivity contribution is 5.78. The first-order chi connectivity index (χ1) is 7.63. The molecule has 86 valence electrons. The van der Waals surface area contributed by atoms with Gasteiger partial charge in [0.15, 0.2) is 0 Å². The molecule has 0 bridgehead atoms. The Kier molecular flexibility index (Phi) is 2.78. The molecule has 16 heavy (non-hydrogen) atoms. The van der Waals surface area contributed by atoms with Gasteiger partial charge < -0.3 is 15.2 Å². The van der Waals surface area contributed by atoms with Crippen LogP contribution in [-0.4, -0.2) is 29.7 Å².